The third-order valence-corrected chi connectivity index (χ3v) is 1.67. The van der Waals surface area contributed by atoms with Crippen molar-refractivity contribution in [1.29, 1.82) is 0 Å². The van der Waals surface area contributed by atoms with Crippen molar-refractivity contribution in [3.63, 3.8) is 0 Å². The van der Waals surface area contributed by atoms with Crippen LogP contribution < -0.4 is 5.32 Å². The Morgan fingerprint density at radius 1 is 1.17 bits per heavy atom. The average molecular weight is 167 g/mol. The van der Waals surface area contributed by atoms with Gasteiger partial charge >= 0.3 is 0 Å². The molecule has 2 nitrogen and oxygen atoms in total. The Hall–Kier alpha value is -0.860. The third kappa shape index (κ3) is 4.11. The molecule has 1 rings (SSSR count). The Bertz CT molecular complexity index is 196. The summed E-state index contributed by atoms with van der Waals surface area (Å²) < 4.78 is 0. The fourth-order valence-corrected chi connectivity index (χ4v) is 0.986. The molecule has 0 atom stereocenters. The Labute approximate surface area is 73.9 Å². The summed E-state index contributed by atoms with van der Waals surface area (Å²) in [6, 6.07) is 11.2. The van der Waals surface area contributed by atoms with E-state index in [4.69, 9.17) is 0 Å². The Morgan fingerprint density at radius 3 is 2.25 bits per heavy atom. The van der Waals surface area contributed by atoms with Crippen LogP contribution in [0.15, 0.2) is 30.3 Å². The predicted octanol–water partition coefficient (Wildman–Crippen LogP) is 0.982. The van der Waals surface area contributed by atoms with Crippen molar-refractivity contribution in [1.82, 2.24) is 0 Å². The van der Waals surface area contributed by atoms with Crippen molar-refractivity contribution in [2.75, 3.05) is 0 Å². The highest BCUT2D eigenvalue weighted by Gasteiger charge is 1.95. The summed E-state index contributed by atoms with van der Waals surface area (Å²) in [5.41, 5.74) is 1.40. The standard InChI is InChI=1S/C10H15N.H2O/c1-9(2)11-8-10-6-4-3-5-7-10;/h3-7,9,11H,8H2,1-2H3;1H2. The normalized spacial score (nSPS) is 9.58. The zero-order valence-corrected chi connectivity index (χ0v) is 7.70. The van der Waals surface area contributed by atoms with E-state index in [9.17, 15) is 0 Å². The molecule has 0 aliphatic carbocycles. The summed E-state index contributed by atoms with van der Waals surface area (Å²) in [6.07, 6.45) is 0. The van der Waals surface area contributed by atoms with Crippen LogP contribution in [-0.4, -0.2) is 11.5 Å². The Balaban J connectivity index is 0.00000121. The van der Waals surface area contributed by atoms with Crippen molar-refractivity contribution in [2.24, 2.45) is 0 Å². The van der Waals surface area contributed by atoms with E-state index in [1.165, 1.54) is 5.56 Å². The van der Waals surface area contributed by atoms with Crippen LogP contribution >= 0.6 is 0 Å². The van der Waals surface area contributed by atoms with E-state index in [1.54, 1.807) is 0 Å². The lowest BCUT2D eigenvalue weighted by molar-refractivity contribution is -0.698. The van der Waals surface area contributed by atoms with Crippen LogP contribution in [-0.2, 0) is 6.54 Å². The number of rotatable bonds is 3. The molecule has 0 aliphatic rings. The molecule has 68 valence electrons. The molecule has 12 heavy (non-hydrogen) atoms. The molecule has 0 unspecified atom stereocenters. The molecule has 0 saturated carbocycles. The first-order valence-corrected chi connectivity index (χ1v) is 4.16. The van der Waals surface area contributed by atoms with Crippen LogP contribution in [0.1, 0.15) is 19.4 Å². The van der Waals surface area contributed by atoms with Gasteiger partial charge in [-0.3, -0.25) is 0 Å². The monoisotopic (exact) mass is 167 g/mol. The summed E-state index contributed by atoms with van der Waals surface area (Å²) in [5, 5.41) is 2.33. The molecule has 0 spiro atoms. The molecule has 0 bridgehead atoms. The van der Waals surface area contributed by atoms with E-state index in [1.807, 2.05) is 0 Å². The van der Waals surface area contributed by atoms with Crippen LogP contribution in [0.25, 0.3) is 0 Å². The van der Waals surface area contributed by atoms with Crippen LogP contribution in [0.5, 0.6) is 0 Å². The molecule has 0 saturated heterocycles. The Morgan fingerprint density at radius 2 is 1.75 bits per heavy atom. The lowest BCUT2D eigenvalue weighted by Gasteiger charge is -2.03. The second kappa shape index (κ2) is 5.75. The maximum Gasteiger partial charge on any atom is 0.101 e. The minimum absolute atomic E-state index is 0. The zero-order valence-electron chi connectivity index (χ0n) is 7.70. The molecule has 1 aromatic rings. The number of hydrogen-bond donors (Lipinski definition) is 1. The molecule has 0 amide bonds. The van der Waals surface area contributed by atoms with Gasteiger partial charge in [-0.1, -0.05) is 30.3 Å². The highest BCUT2D eigenvalue weighted by molar-refractivity contribution is 5.12. The molecule has 0 aliphatic heterocycles. The summed E-state index contributed by atoms with van der Waals surface area (Å²) in [7, 11) is 0. The quantitative estimate of drug-likeness (QED) is 0.716. The van der Waals surface area contributed by atoms with Crippen molar-refractivity contribution < 1.29 is 10.8 Å². The lowest BCUT2D eigenvalue weighted by atomic mass is 10.2. The van der Waals surface area contributed by atoms with E-state index in [0.717, 1.165) is 6.54 Å². The SMILES string of the molecule is CC(C)[NH2+]Cc1ccccc1.[OH-]. The minimum atomic E-state index is 0. The number of hydrogen-bond acceptors (Lipinski definition) is 1. The van der Waals surface area contributed by atoms with Crippen molar-refractivity contribution in [3.05, 3.63) is 35.9 Å². The molecule has 3 N–H and O–H groups in total. The van der Waals surface area contributed by atoms with E-state index in [0.29, 0.717) is 6.04 Å². The maximum absolute atomic E-state index is 2.33. The number of quaternary nitrogens is 1. The molecule has 2 heteroatoms. The molecule has 1 aromatic carbocycles. The highest BCUT2D eigenvalue weighted by Crippen LogP contribution is 1.94. The smallest absolute Gasteiger partial charge is 0.101 e. The summed E-state index contributed by atoms with van der Waals surface area (Å²) in [4.78, 5) is 0. The lowest BCUT2D eigenvalue weighted by Crippen LogP contribution is -2.86. The minimum Gasteiger partial charge on any atom is -0.870 e. The van der Waals surface area contributed by atoms with Crippen LogP contribution in [0.4, 0.5) is 0 Å². The molecular weight excluding hydrogens is 150 g/mol. The summed E-state index contributed by atoms with van der Waals surface area (Å²) >= 11 is 0. The van der Waals surface area contributed by atoms with Gasteiger partial charge in [-0.25, -0.2) is 0 Å². The molecular formula is C10H17NO. The zero-order chi connectivity index (χ0) is 8.10. The van der Waals surface area contributed by atoms with E-state index in [2.05, 4.69) is 49.5 Å². The van der Waals surface area contributed by atoms with Gasteiger partial charge in [0.1, 0.15) is 6.54 Å². The van der Waals surface area contributed by atoms with Gasteiger partial charge in [0.2, 0.25) is 0 Å². The van der Waals surface area contributed by atoms with Crippen molar-refractivity contribution >= 4 is 0 Å². The maximum atomic E-state index is 2.33. The largest absolute Gasteiger partial charge is 0.870 e. The van der Waals surface area contributed by atoms with Crippen LogP contribution in [0.2, 0.25) is 0 Å². The first-order chi connectivity index (χ1) is 5.29. The van der Waals surface area contributed by atoms with Gasteiger partial charge in [0.05, 0.1) is 6.04 Å². The van der Waals surface area contributed by atoms with Crippen molar-refractivity contribution in [3.8, 4) is 0 Å². The van der Waals surface area contributed by atoms with E-state index < -0.39 is 0 Å². The molecule has 0 aromatic heterocycles. The summed E-state index contributed by atoms with van der Waals surface area (Å²) in [5.74, 6) is 0. The van der Waals surface area contributed by atoms with Gasteiger partial charge < -0.3 is 10.8 Å². The van der Waals surface area contributed by atoms with Gasteiger partial charge in [-0.2, -0.15) is 0 Å². The average Bonchev–Trinajstić information content (AvgIpc) is 2.03. The second-order valence-corrected chi connectivity index (χ2v) is 3.17. The molecule has 0 radical (unpaired) electrons. The van der Waals surface area contributed by atoms with E-state index >= 15 is 0 Å². The van der Waals surface area contributed by atoms with Gasteiger partial charge in [-0.05, 0) is 13.8 Å². The van der Waals surface area contributed by atoms with Gasteiger partial charge in [0.15, 0.2) is 0 Å². The first kappa shape index (κ1) is 11.1. The van der Waals surface area contributed by atoms with Gasteiger partial charge in [0, 0.05) is 5.56 Å². The second-order valence-electron chi connectivity index (χ2n) is 3.17. The predicted molar refractivity (Wildman–Crippen MR) is 49.1 cm³/mol. The fourth-order valence-electron chi connectivity index (χ4n) is 0.986. The number of benzene rings is 1. The van der Waals surface area contributed by atoms with Gasteiger partial charge in [0.25, 0.3) is 0 Å². The third-order valence-electron chi connectivity index (χ3n) is 1.67. The van der Waals surface area contributed by atoms with Crippen molar-refractivity contribution in [2.45, 2.75) is 26.4 Å². The molecule has 0 fully saturated rings. The highest BCUT2D eigenvalue weighted by atomic mass is 16.0. The Kier molecular flexibility index (Phi) is 5.34. The first-order valence-electron chi connectivity index (χ1n) is 4.16. The topological polar surface area (TPSA) is 46.6 Å². The van der Waals surface area contributed by atoms with Crippen LogP contribution in [0.3, 0.4) is 0 Å². The fraction of sp³-hybridized carbons (Fsp3) is 0.400. The van der Waals surface area contributed by atoms with E-state index in [-0.39, 0.29) is 5.48 Å². The molecule has 0 heterocycles. The van der Waals surface area contributed by atoms with Crippen LogP contribution in [0, 0.1) is 0 Å². The number of nitrogens with two attached hydrogens (primary N) is 1. The van der Waals surface area contributed by atoms with Gasteiger partial charge in [-0.15, -0.1) is 0 Å². The summed E-state index contributed by atoms with van der Waals surface area (Å²) in [6.45, 7) is 5.52.